The minimum atomic E-state index is -1.06. The highest BCUT2D eigenvalue weighted by Crippen LogP contribution is 2.49. The lowest BCUT2D eigenvalue weighted by molar-refractivity contribution is -0.143. The molecule has 1 amide bonds. The van der Waals surface area contributed by atoms with Crippen molar-refractivity contribution in [2.45, 2.75) is 38.0 Å². The second-order valence-corrected chi connectivity index (χ2v) is 5.95. The van der Waals surface area contributed by atoms with Crippen LogP contribution in [0.25, 0.3) is 0 Å². The van der Waals surface area contributed by atoms with Gasteiger partial charge in [0.25, 0.3) is 0 Å². The Morgan fingerprint density at radius 1 is 1.30 bits per heavy atom. The van der Waals surface area contributed by atoms with Crippen LogP contribution in [0, 0.1) is 0 Å². The van der Waals surface area contributed by atoms with Gasteiger partial charge in [-0.25, -0.2) is 0 Å². The number of rotatable bonds is 3. The van der Waals surface area contributed by atoms with Crippen LogP contribution in [0.2, 0.25) is 0 Å². The van der Waals surface area contributed by atoms with Crippen molar-refractivity contribution in [3.8, 4) is 5.75 Å². The smallest absolute Gasteiger partial charge is 0.314 e. The van der Waals surface area contributed by atoms with Gasteiger partial charge in [0.1, 0.15) is 5.75 Å². The van der Waals surface area contributed by atoms with Crippen molar-refractivity contribution in [3.63, 3.8) is 0 Å². The van der Waals surface area contributed by atoms with Gasteiger partial charge in [-0.2, -0.15) is 0 Å². The Morgan fingerprint density at radius 3 is 2.40 bits per heavy atom. The number of phenolic OH excluding ortho intramolecular Hbond substituents is 1. The number of hydrogen-bond acceptors (Lipinski definition) is 3. The number of anilines is 1. The Labute approximate surface area is 125 Å². The topological polar surface area (TPSA) is 86.6 Å². The fourth-order valence-corrected chi connectivity index (χ4v) is 3.60. The zero-order chi connectivity index (χ0) is 14.9. The first kappa shape index (κ1) is 14.8. The average molecular weight is 342 g/mol. The number of carboxylic acid groups (broad SMARTS) is 1. The fraction of sp³-hybridized carbons (Fsp3) is 0.429. The SMILES string of the molecule is CC(=O)Nc1c(O)ccc(Br)c1C1(C(=O)O)CCCC1. The molecule has 108 valence electrons. The van der Waals surface area contributed by atoms with Gasteiger partial charge >= 0.3 is 5.97 Å². The second-order valence-electron chi connectivity index (χ2n) is 5.09. The third-order valence-electron chi connectivity index (χ3n) is 3.78. The number of phenols is 1. The monoisotopic (exact) mass is 341 g/mol. The predicted octanol–water partition coefficient (Wildman–Crippen LogP) is 3.01. The number of halogens is 1. The lowest BCUT2D eigenvalue weighted by Crippen LogP contribution is -2.34. The lowest BCUT2D eigenvalue weighted by Gasteiger charge is -2.28. The number of carboxylic acids is 1. The Bertz CT molecular complexity index is 565. The summed E-state index contributed by atoms with van der Waals surface area (Å²) in [5.41, 5.74) is -0.413. The number of nitrogens with one attached hydrogen (secondary N) is 1. The van der Waals surface area contributed by atoms with E-state index in [1.54, 1.807) is 6.07 Å². The van der Waals surface area contributed by atoms with Crippen LogP contribution in [0.4, 0.5) is 5.69 Å². The second kappa shape index (κ2) is 5.44. The molecule has 1 aromatic rings. The normalized spacial score (nSPS) is 16.9. The van der Waals surface area contributed by atoms with E-state index in [-0.39, 0.29) is 17.3 Å². The van der Waals surface area contributed by atoms with Crippen molar-refractivity contribution in [1.82, 2.24) is 0 Å². The van der Waals surface area contributed by atoms with E-state index in [2.05, 4.69) is 21.2 Å². The molecule has 5 nitrogen and oxygen atoms in total. The number of aromatic hydroxyl groups is 1. The van der Waals surface area contributed by atoms with Gasteiger partial charge in [0.2, 0.25) is 5.91 Å². The molecule has 0 radical (unpaired) electrons. The fourth-order valence-electron chi connectivity index (χ4n) is 2.89. The van der Waals surface area contributed by atoms with Crippen LogP contribution < -0.4 is 5.32 Å². The van der Waals surface area contributed by atoms with Gasteiger partial charge in [-0.1, -0.05) is 28.8 Å². The van der Waals surface area contributed by atoms with E-state index in [9.17, 15) is 19.8 Å². The molecule has 1 aromatic carbocycles. The van der Waals surface area contributed by atoms with Crippen molar-refractivity contribution in [1.29, 1.82) is 0 Å². The number of carbonyl (C=O) groups is 2. The molecule has 1 aliphatic carbocycles. The first-order valence-corrected chi connectivity index (χ1v) is 7.21. The Kier molecular flexibility index (Phi) is 4.04. The summed E-state index contributed by atoms with van der Waals surface area (Å²) in [6, 6.07) is 3.04. The van der Waals surface area contributed by atoms with E-state index in [0.29, 0.717) is 22.9 Å². The van der Waals surface area contributed by atoms with Crippen molar-refractivity contribution < 1.29 is 19.8 Å². The van der Waals surface area contributed by atoms with E-state index in [1.807, 2.05) is 0 Å². The van der Waals surface area contributed by atoms with Gasteiger partial charge in [0, 0.05) is 17.0 Å². The summed E-state index contributed by atoms with van der Waals surface area (Å²) in [5.74, 6) is -1.39. The van der Waals surface area contributed by atoms with Crippen molar-refractivity contribution in [2.75, 3.05) is 5.32 Å². The molecule has 6 heteroatoms. The third kappa shape index (κ3) is 2.40. The molecule has 1 fully saturated rings. The summed E-state index contributed by atoms with van der Waals surface area (Å²) in [6.07, 6.45) is 2.62. The molecule has 0 atom stereocenters. The molecule has 0 aromatic heterocycles. The quantitative estimate of drug-likeness (QED) is 0.737. The number of carbonyl (C=O) groups excluding carboxylic acids is 1. The van der Waals surface area contributed by atoms with Crippen molar-refractivity contribution in [2.24, 2.45) is 0 Å². The molecular weight excluding hydrogens is 326 g/mol. The number of benzene rings is 1. The molecule has 0 heterocycles. The minimum Gasteiger partial charge on any atom is -0.506 e. The Hall–Kier alpha value is -1.56. The number of aliphatic carboxylic acids is 1. The highest BCUT2D eigenvalue weighted by molar-refractivity contribution is 9.10. The summed E-state index contributed by atoms with van der Waals surface area (Å²) in [6.45, 7) is 1.33. The summed E-state index contributed by atoms with van der Waals surface area (Å²) in [4.78, 5) is 23.1. The third-order valence-corrected chi connectivity index (χ3v) is 4.44. The number of amides is 1. The van der Waals surface area contributed by atoms with Crippen LogP contribution in [-0.2, 0) is 15.0 Å². The van der Waals surface area contributed by atoms with Crippen LogP contribution in [0.1, 0.15) is 38.2 Å². The van der Waals surface area contributed by atoms with Crippen LogP contribution in [0.15, 0.2) is 16.6 Å². The maximum atomic E-state index is 11.8. The molecular formula is C14H16BrNO4. The molecule has 1 aliphatic rings. The molecule has 0 spiro atoms. The molecule has 0 bridgehead atoms. The summed E-state index contributed by atoms with van der Waals surface area (Å²) >= 11 is 3.36. The molecule has 3 N–H and O–H groups in total. The van der Waals surface area contributed by atoms with Crippen LogP contribution in [0.3, 0.4) is 0 Å². The molecule has 0 aliphatic heterocycles. The maximum absolute atomic E-state index is 11.8. The minimum absolute atomic E-state index is 0.120. The Morgan fingerprint density at radius 2 is 1.90 bits per heavy atom. The molecule has 0 unspecified atom stereocenters. The number of hydrogen-bond donors (Lipinski definition) is 3. The van der Waals surface area contributed by atoms with Gasteiger partial charge < -0.3 is 15.5 Å². The predicted molar refractivity (Wildman–Crippen MR) is 77.9 cm³/mol. The lowest BCUT2D eigenvalue weighted by atomic mass is 9.78. The van der Waals surface area contributed by atoms with Crippen LogP contribution >= 0.6 is 15.9 Å². The highest BCUT2D eigenvalue weighted by Gasteiger charge is 2.46. The van der Waals surface area contributed by atoms with Gasteiger partial charge in [0.15, 0.2) is 0 Å². The summed E-state index contributed by atoms with van der Waals surface area (Å²) in [7, 11) is 0. The molecule has 0 saturated heterocycles. The average Bonchev–Trinajstić information content (AvgIpc) is 2.84. The first-order chi connectivity index (χ1) is 9.38. The maximum Gasteiger partial charge on any atom is 0.314 e. The first-order valence-electron chi connectivity index (χ1n) is 6.41. The van der Waals surface area contributed by atoms with Gasteiger partial charge in [-0.05, 0) is 25.0 Å². The molecule has 2 rings (SSSR count). The van der Waals surface area contributed by atoms with E-state index in [0.717, 1.165) is 12.8 Å². The van der Waals surface area contributed by atoms with E-state index in [1.165, 1.54) is 13.0 Å². The van der Waals surface area contributed by atoms with E-state index in [4.69, 9.17) is 0 Å². The molecule has 20 heavy (non-hydrogen) atoms. The van der Waals surface area contributed by atoms with Crippen molar-refractivity contribution >= 4 is 33.5 Å². The van der Waals surface area contributed by atoms with E-state index >= 15 is 0 Å². The zero-order valence-corrected chi connectivity index (χ0v) is 12.7. The Balaban J connectivity index is 2.68. The summed E-state index contributed by atoms with van der Waals surface area (Å²) in [5, 5.41) is 22.2. The summed E-state index contributed by atoms with van der Waals surface area (Å²) < 4.78 is 0.586. The van der Waals surface area contributed by atoms with Gasteiger partial charge in [-0.15, -0.1) is 0 Å². The largest absolute Gasteiger partial charge is 0.506 e. The van der Waals surface area contributed by atoms with Crippen LogP contribution in [0.5, 0.6) is 5.75 Å². The van der Waals surface area contributed by atoms with Gasteiger partial charge in [-0.3, -0.25) is 9.59 Å². The zero-order valence-electron chi connectivity index (χ0n) is 11.1. The van der Waals surface area contributed by atoms with Gasteiger partial charge in [0.05, 0.1) is 11.1 Å². The highest BCUT2D eigenvalue weighted by atomic mass is 79.9. The van der Waals surface area contributed by atoms with E-state index < -0.39 is 11.4 Å². The molecule has 1 saturated carbocycles. The van der Waals surface area contributed by atoms with Crippen LogP contribution in [-0.4, -0.2) is 22.1 Å². The van der Waals surface area contributed by atoms with Crippen molar-refractivity contribution in [3.05, 3.63) is 22.2 Å². The standard InChI is InChI=1S/C14H16BrNO4/c1-8(17)16-12-10(18)5-4-9(15)11(12)14(13(19)20)6-2-3-7-14/h4-5,18H,2-3,6-7H2,1H3,(H,16,17)(H,19,20).